The molecule has 2 aliphatic heterocycles. The first-order chi connectivity index (χ1) is 10.5. The molecule has 3 rings (SSSR count). The maximum Gasteiger partial charge on any atom is 0.141 e. The predicted octanol–water partition coefficient (Wildman–Crippen LogP) is 1.36. The number of β-amino-alcohol motifs (C(OH)–C–C–N with tert-alkyl or cyclic N) is 1. The molecule has 7 heteroatoms. The Morgan fingerprint density at radius 2 is 2.32 bits per heavy atom. The number of aliphatic imine (C=N–C) groups is 1. The minimum Gasteiger partial charge on any atom is -0.391 e. The van der Waals surface area contributed by atoms with Gasteiger partial charge in [0, 0.05) is 43.1 Å². The zero-order valence-electron chi connectivity index (χ0n) is 13.1. The highest BCUT2D eigenvalue weighted by atomic mass is 32.2. The van der Waals surface area contributed by atoms with E-state index in [1.165, 1.54) is 5.56 Å². The first-order valence-corrected chi connectivity index (χ1v) is 8.85. The standard InChI is InChI=1S/C15H25N5OS/c1-9(2)22-7-11-5-20(6-12(11)21)4-10-3-17-14-13(10)18-8-19-15(14)16/h3,8-9,11-12,15,17,21H,4-7,16H2,1-2H3,(H,18,19). The van der Waals surface area contributed by atoms with Gasteiger partial charge in [-0.15, -0.1) is 0 Å². The van der Waals surface area contributed by atoms with Gasteiger partial charge in [0.2, 0.25) is 0 Å². The largest absolute Gasteiger partial charge is 0.391 e. The molecule has 0 radical (unpaired) electrons. The molecule has 2 aliphatic rings. The molecule has 1 fully saturated rings. The fourth-order valence-corrected chi connectivity index (χ4v) is 4.02. The lowest BCUT2D eigenvalue weighted by atomic mass is 10.1. The molecule has 1 saturated heterocycles. The van der Waals surface area contributed by atoms with Crippen LogP contribution >= 0.6 is 11.8 Å². The molecule has 0 saturated carbocycles. The van der Waals surface area contributed by atoms with Crippen molar-refractivity contribution in [2.75, 3.05) is 24.2 Å². The van der Waals surface area contributed by atoms with E-state index in [0.29, 0.717) is 11.2 Å². The molecule has 0 aliphatic carbocycles. The van der Waals surface area contributed by atoms with E-state index in [0.717, 1.165) is 36.8 Å². The number of nitrogens with two attached hydrogens (primary N) is 1. The second kappa shape index (κ2) is 6.62. The number of hydrogen-bond donors (Lipinski definition) is 4. The third kappa shape index (κ3) is 3.32. The van der Waals surface area contributed by atoms with Gasteiger partial charge in [-0.25, -0.2) is 0 Å². The molecule has 22 heavy (non-hydrogen) atoms. The molecule has 122 valence electrons. The topological polar surface area (TPSA) is 89.7 Å². The second-order valence-electron chi connectivity index (χ2n) is 6.37. The predicted molar refractivity (Wildman–Crippen MR) is 92.2 cm³/mol. The van der Waals surface area contributed by atoms with Crippen LogP contribution in [0.2, 0.25) is 0 Å². The normalized spacial score (nSPS) is 28.1. The maximum atomic E-state index is 10.3. The third-order valence-corrected chi connectivity index (χ3v) is 5.54. The van der Waals surface area contributed by atoms with Crippen molar-refractivity contribution in [1.82, 2.24) is 9.88 Å². The van der Waals surface area contributed by atoms with Crippen molar-refractivity contribution in [2.45, 2.75) is 37.9 Å². The first kappa shape index (κ1) is 15.9. The monoisotopic (exact) mass is 323 g/mol. The number of hydrogen-bond acceptors (Lipinski definition) is 6. The molecule has 5 N–H and O–H groups in total. The van der Waals surface area contributed by atoms with Crippen LogP contribution < -0.4 is 11.1 Å². The highest BCUT2D eigenvalue weighted by molar-refractivity contribution is 7.99. The number of nitrogens with one attached hydrogen (secondary N) is 2. The van der Waals surface area contributed by atoms with Gasteiger partial charge in [0.1, 0.15) is 6.17 Å². The zero-order chi connectivity index (χ0) is 15.7. The van der Waals surface area contributed by atoms with Crippen molar-refractivity contribution >= 4 is 23.8 Å². The van der Waals surface area contributed by atoms with Crippen LogP contribution in [-0.4, -0.2) is 51.5 Å². The molecule has 1 aromatic heterocycles. The lowest BCUT2D eigenvalue weighted by molar-refractivity contribution is 0.149. The van der Waals surface area contributed by atoms with Gasteiger partial charge >= 0.3 is 0 Å². The van der Waals surface area contributed by atoms with Crippen molar-refractivity contribution in [2.24, 2.45) is 16.6 Å². The number of H-pyrrole nitrogens is 1. The summed E-state index contributed by atoms with van der Waals surface area (Å²) in [5, 5.41) is 14.1. The van der Waals surface area contributed by atoms with Gasteiger partial charge in [-0.2, -0.15) is 11.8 Å². The summed E-state index contributed by atoms with van der Waals surface area (Å²) in [5.74, 6) is 1.38. The Kier molecular flexibility index (Phi) is 4.77. The number of aromatic nitrogens is 1. The van der Waals surface area contributed by atoms with Crippen molar-refractivity contribution in [3.8, 4) is 0 Å². The summed E-state index contributed by atoms with van der Waals surface area (Å²) in [5.41, 5.74) is 9.11. The van der Waals surface area contributed by atoms with Gasteiger partial charge in [-0.3, -0.25) is 9.89 Å². The van der Waals surface area contributed by atoms with Crippen LogP contribution in [0.15, 0.2) is 11.2 Å². The summed E-state index contributed by atoms with van der Waals surface area (Å²) in [6.45, 7) is 6.91. The van der Waals surface area contributed by atoms with Crippen molar-refractivity contribution < 1.29 is 5.11 Å². The summed E-state index contributed by atoms with van der Waals surface area (Å²) < 4.78 is 0. The van der Waals surface area contributed by atoms with E-state index < -0.39 is 0 Å². The van der Waals surface area contributed by atoms with E-state index in [-0.39, 0.29) is 12.3 Å². The Balaban J connectivity index is 1.61. The Morgan fingerprint density at radius 3 is 3.09 bits per heavy atom. The summed E-state index contributed by atoms with van der Waals surface area (Å²) in [6.07, 6.45) is 3.11. The van der Waals surface area contributed by atoms with Crippen LogP contribution in [0, 0.1) is 5.92 Å². The van der Waals surface area contributed by atoms with Gasteiger partial charge in [-0.05, 0) is 5.25 Å². The Labute approximate surface area is 135 Å². The summed E-state index contributed by atoms with van der Waals surface area (Å²) >= 11 is 1.93. The fourth-order valence-electron chi connectivity index (χ4n) is 3.06. The molecule has 3 atom stereocenters. The molecular formula is C15H25N5OS. The summed E-state index contributed by atoms with van der Waals surface area (Å²) in [7, 11) is 0. The molecule has 0 bridgehead atoms. The molecule has 3 heterocycles. The highest BCUT2D eigenvalue weighted by Crippen LogP contribution is 2.31. The van der Waals surface area contributed by atoms with Crippen LogP contribution in [0.3, 0.4) is 0 Å². The Bertz CT molecular complexity index is 544. The van der Waals surface area contributed by atoms with Crippen molar-refractivity contribution in [1.29, 1.82) is 0 Å². The Morgan fingerprint density at radius 1 is 1.50 bits per heavy atom. The summed E-state index contributed by atoms with van der Waals surface area (Å²) in [6, 6.07) is 0. The van der Waals surface area contributed by atoms with E-state index >= 15 is 0 Å². The van der Waals surface area contributed by atoms with Gasteiger partial charge in [0.25, 0.3) is 0 Å². The number of aliphatic hydroxyl groups excluding tert-OH is 1. The third-order valence-electron chi connectivity index (χ3n) is 4.25. The fraction of sp³-hybridized carbons (Fsp3) is 0.667. The van der Waals surface area contributed by atoms with Crippen LogP contribution in [-0.2, 0) is 6.54 Å². The minimum absolute atomic E-state index is 0.224. The van der Waals surface area contributed by atoms with Gasteiger partial charge in [0.05, 0.1) is 23.8 Å². The van der Waals surface area contributed by atoms with E-state index in [2.05, 4.69) is 34.0 Å². The van der Waals surface area contributed by atoms with Crippen LogP contribution in [0.1, 0.15) is 31.3 Å². The average molecular weight is 323 g/mol. The average Bonchev–Trinajstić information content (AvgIpc) is 3.02. The van der Waals surface area contributed by atoms with Crippen LogP contribution in [0.5, 0.6) is 0 Å². The van der Waals surface area contributed by atoms with E-state index in [1.807, 2.05) is 18.0 Å². The first-order valence-electron chi connectivity index (χ1n) is 7.80. The molecule has 0 amide bonds. The number of nitrogens with zero attached hydrogens (tertiary/aromatic N) is 2. The molecule has 0 spiro atoms. The number of anilines is 1. The van der Waals surface area contributed by atoms with E-state index in [9.17, 15) is 5.11 Å². The second-order valence-corrected chi connectivity index (χ2v) is 7.98. The van der Waals surface area contributed by atoms with Crippen molar-refractivity contribution in [3.63, 3.8) is 0 Å². The van der Waals surface area contributed by atoms with Gasteiger partial charge in [-0.1, -0.05) is 13.8 Å². The summed E-state index contributed by atoms with van der Waals surface area (Å²) in [4.78, 5) is 9.67. The van der Waals surface area contributed by atoms with Gasteiger partial charge in [0.15, 0.2) is 0 Å². The van der Waals surface area contributed by atoms with E-state index in [4.69, 9.17) is 5.73 Å². The zero-order valence-corrected chi connectivity index (χ0v) is 13.9. The number of aliphatic hydroxyl groups is 1. The van der Waals surface area contributed by atoms with E-state index in [1.54, 1.807) is 6.34 Å². The quantitative estimate of drug-likeness (QED) is 0.657. The highest BCUT2D eigenvalue weighted by Gasteiger charge is 2.32. The number of aromatic amines is 1. The molecule has 3 unspecified atom stereocenters. The smallest absolute Gasteiger partial charge is 0.141 e. The molecular weight excluding hydrogens is 298 g/mol. The van der Waals surface area contributed by atoms with Crippen LogP contribution in [0.4, 0.5) is 5.69 Å². The molecule has 6 nitrogen and oxygen atoms in total. The number of fused-ring (bicyclic) bond motifs is 1. The Hall–Kier alpha value is -1.02. The molecule has 1 aromatic rings. The number of thioether (sulfide) groups is 1. The van der Waals surface area contributed by atoms with Crippen molar-refractivity contribution in [3.05, 3.63) is 17.5 Å². The SMILES string of the molecule is CC(C)SCC1CN(Cc2c[nH]c3c2NC=NC3N)CC1O. The maximum absolute atomic E-state index is 10.3. The number of rotatable bonds is 5. The lowest BCUT2D eigenvalue weighted by Crippen LogP contribution is -2.22. The number of likely N-dealkylation sites (tertiary alicyclic amines) is 1. The molecule has 0 aromatic carbocycles. The lowest BCUT2D eigenvalue weighted by Gasteiger charge is -2.18. The van der Waals surface area contributed by atoms with Crippen LogP contribution in [0.25, 0.3) is 0 Å². The van der Waals surface area contributed by atoms with Gasteiger partial charge < -0.3 is 21.1 Å². The minimum atomic E-state index is -0.315.